The Kier molecular flexibility index (Phi) is 12.1. The van der Waals surface area contributed by atoms with Gasteiger partial charge in [0.2, 0.25) is 0 Å². The van der Waals surface area contributed by atoms with E-state index in [4.69, 9.17) is 9.16 Å². The summed E-state index contributed by atoms with van der Waals surface area (Å²) in [7, 11) is -2.02. The topological polar surface area (TPSA) is 35.5 Å². The molecule has 1 aromatic rings. The van der Waals surface area contributed by atoms with Crippen molar-refractivity contribution in [3.05, 3.63) is 59.7 Å². The van der Waals surface area contributed by atoms with E-state index in [-0.39, 0.29) is 41.5 Å². The molecule has 0 N–H and O–H groups in total. The number of ether oxygens (including phenoxy) is 1. The lowest BCUT2D eigenvalue weighted by Crippen LogP contribution is -2.43. The molecule has 5 atom stereocenters. The first kappa shape index (κ1) is 32.3. The van der Waals surface area contributed by atoms with Crippen LogP contribution in [0.15, 0.2) is 48.6 Å². The average molecular weight is 622 g/mol. The van der Waals surface area contributed by atoms with Gasteiger partial charge in [0.25, 0.3) is 0 Å². The van der Waals surface area contributed by atoms with Crippen LogP contribution in [0.3, 0.4) is 0 Å². The highest BCUT2D eigenvalue weighted by Gasteiger charge is 2.44. The normalized spacial score (nSPS) is 25.0. The zero-order chi connectivity index (χ0) is 28.6. The van der Waals surface area contributed by atoms with Crippen LogP contribution in [0.4, 0.5) is 4.39 Å². The van der Waals surface area contributed by atoms with E-state index in [1.165, 1.54) is 18.1 Å². The summed E-state index contributed by atoms with van der Waals surface area (Å²) >= 11 is 3.47. The van der Waals surface area contributed by atoms with E-state index in [2.05, 4.69) is 98.4 Å². The number of alkyl halides is 2. The number of esters is 1. The number of carbonyl (C=O) groups excluding carboxylic acids is 1. The van der Waals surface area contributed by atoms with E-state index in [1.807, 2.05) is 0 Å². The summed E-state index contributed by atoms with van der Waals surface area (Å²) in [4.78, 5) is 11.8. The Morgan fingerprint density at radius 2 is 1.85 bits per heavy atom. The molecule has 0 aliphatic heterocycles. The molecule has 1 saturated carbocycles. The molecule has 2 aliphatic carbocycles. The van der Waals surface area contributed by atoms with E-state index in [0.29, 0.717) is 12.3 Å². The van der Waals surface area contributed by atoms with Crippen LogP contribution in [0.2, 0.25) is 18.1 Å². The van der Waals surface area contributed by atoms with Gasteiger partial charge in [0.05, 0.1) is 6.10 Å². The van der Waals surface area contributed by atoms with Gasteiger partial charge in [0.1, 0.15) is 12.3 Å². The van der Waals surface area contributed by atoms with Crippen molar-refractivity contribution >= 4 is 30.2 Å². The fraction of sp³-hybridized carbons (Fsp3) is 0.667. The van der Waals surface area contributed by atoms with Crippen LogP contribution in [-0.2, 0) is 26.8 Å². The van der Waals surface area contributed by atoms with E-state index >= 15 is 4.39 Å². The fourth-order valence-corrected chi connectivity index (χ4v) is 7.44. The standard InChI is InChI=1S/C33H50BrFO3Si/c1-24(36)37-32-23-31(35)29(30(32)15-9-7-8-12-20-34)19-18-28(38-39(5,6)33(2,3)4)17-16-25-21-26-13-10-11-14-27(26)22-25/h7,9-11,13-14,18-19,25,28-32H,8,12,15-17,20-23H2,1-6H3/b9-7-,19-18+/t28?,29-,30-,31+,32+/m1/s1. The Morgan fingerprint density at radius 1 is 1.18 bits per heavy atom. The zero-order valence-corrected chi connectivity index (χ0v) is 27.5. The number of allylic oxidation sites excluding steroid dienone is 3. The van der Waals surface area contributed by atoms with Crippen LogP contribution in [0, 0.1) is 17.8 Å². The summed E-state index contributed by atoms with van der Waals surface area (Å²) in [6.07, 6.45) is 14.4. The van der Waals surface area contributed by atoms with Gasteiger partial charge in [-0.25, -0.2) is 4.39 Å². The second-order valence-corrected chi connectivity index (χ2v) is 18.7. The lowest BCUT2D eigenvalue weighted by Gasteiger charge is -2.39. The zero-order valence-electron chi connectivity index (χ0n) is 24.9. The summed E-state index contributed by atoms with van der Waals surface area (Å²) in [6.45, 7) is 12.8. The molecule has 3 rings (SSSR count). The van der Waals surface area contributed by atoms with E-state index in [1.54, 1.807) is 0 Å². The Labute approximate surface area is 246 Å². The second-order valence-electron chi connectivity index (χ2n) is 13.1. The van der Waals surface area contributed by atoms with Crippen molar-refractivity contribution < 1.29 is 18.3 Å². The van der Waals surface area contributed by atoms with Crippen molar-refractivity contribution in [3.63, 3.8) is 0 Å². The van der Waals surface area contributed by atoms with Crippen LogP contribution in [0.25, 0.3) is 0 Å². The SMILES string of the molecule is CC(=O)O[C@H]1C[C@H](F)[C@H](/C=C/C(CCC2Cc3ccccc3C2)O[Si](C)(C)C(C)(C)C)[C@H]1C/C=C\CCCBr. The quantitative estimate of drug-likeness (QED) is 0.0725. The number of carbonyl (C=O) groups is 1. The minimum Gasteiger partial charge on any atom is -0.462 e. The van der Waals surface area contributed by atoms with Gasteiger partial charge in [-0.05, 0) is 80.1 Å². The van der Waals surface area contributed by atoms with Gasteiger partial charge in [-0.2, -0.15) is 0 Å². The number of unbranched alkanes of at least 4 members (excludes halogenated alkanes) is 1. The monoisotopic (exact) mass is 620 g/mol. The van der Waals surface area contributed by atoms with Crippen LogP contribution >= 0.6 is 15.9 Å². The summed E-state index contributed by atoms with van der Waals surface area (Å²) in [6, 6.07) is 8.79. The molecule has 218 valence electrons. The molecular weight excluding hydrogens is 571 g/mol. The molecule has 0 spiro atoms. The molecule has 1 aromatic carbocycles. The first-order valence-electron chi connectivity index (χ1n) is 14.9. The van der Waals surface area contributed by atoms with E-state index in [0.717, 1.165) is 43.9 Å². The molecule has 1 fully saturated rings. The van der Waals surface area contributed by atoms with Crippen molar-refractivity contribution in [1.29, 1.82) is 0 Å². The highest BCUT2D eigenvalue weighted by atomic mass is 79.9. The first-order valence-corrected chi connectivity index (χ1v) is 18.9. The third-order valence-electron chi connectivity index (χ3n) is 9.04. The van der Waals surface area contributed by atoms with Gasteiger partial charge in [-0.1, -0.05) is 85.3 Å². The third kappa shape index (κ3) is 9.39. The molecule has 1 unspecified atom stereocenters. The summed E-state index contributed by atoms with van der Waals surface area (Å²) in [5, 5.41) is 1.07. The van der Waals surface area contributed by atoms with Gasteiger partial charge in [-0.3, -0.25) is 4.79 Å². The molecule has 0 amide bonds. The van der Waals surface area contributed by atoms with Crippen molar-refractivity contribution in [2.24, 2.45) is 17.8 Å². The molecule has 0 aromatic heterocycles. The van der Waals surface area contributed by atoms with Crippen molar-refractivity contribution in [2.75, 3.05) is 5.33 Å². The van der Waals surface area contributed by atoms with Crippen LogP contribution in [0.1, 0.15) is 77.3 Å². The Morgan fingerprint density at radius 3 is 2.44 bits per heavy atom. The summed E-state index contributed by atoms with van der Waals surface area (Å²) < 4.78 is 27.9. The van der Waals surface area contributed by atoms with Crippen LogP contribution in [-0.4, -0.2) is 38.0 Å². The van der Waals surface area contributed by atoms with Crippen LogP contribution in [0.5, 0.6) is 0 Å². The van der Waals surface area contributed by atoms with Gasteiger partial charge in [0.15, 0.2) is 8.32 Å². The number of hydrogen-bond acceptors (Lipinski definition) is 3. The van der Waals surface area contributed by atoms with Gasteiger partial charge in [0, 0.05) is 30.5 Å². The van der Waals surface area contributed by atoms with E-state index in [9.17, 15) is 4.79 Å². The summed E-state index contributed by atoms with van der Waals surface area (Å²) in [5.74, 6) is -0.0380. The minimum atomic E-state index is -2.02. The Balaban J connectivity index is 1.75. The van der Waals surface area contributed by atoms with Crippen molar-refractivity contribution in [2.45, 2.75) is 116 Å². The molecule has 0 radical (unpaired) electrons. The van der Waals surface area contributed by atoms with Crippen molar-refractivity contribution in [3.8, 4) is 0 Å². The Bertz CT molecular complexity index is 960. The number of hydrogen-bond donors (Lipinski definition) is 0. The lowest BCUT2D eigenvalue weighted by atomic mass is 9.89. The molecule has 0 saturated heterocycles. The molecular formula is C33H50BrFO3Si. The molecule has 3 nitrogen and oxygen atoms in total. The molecule has 6 heteroatoms. The fourth-order valence-electron chi connectivity index (χ4n) is 5.81. The largest absolute Gasteiger partial charge is 0.462 e. The number of fused-ring (bicyclic) bond motifs is 1. The molecule has 0 heterocycles. The van der Waals surface area contributed by atoms with Gasteiger partial charge >= 0.3 is 5.97 Å². The summed E-state index contributed by atoms with van der Waals surface area (Å²) in [5.41, 5.74) is 2.96. The van der Waals surface area contributed by atoms with E-state index < -0.39 is 14.5 Å². The maximum absolute atomic E-state index is 15.4. The van der Waals surface area contributed by atoms with Gasteiger partial charge < -0.3 is 9.16 Å². The second kappa shape index (κ2) is 14.6. The average Bonchev–Trinajstić information content (AvgIpc) is 3.39. The number of benzene rings is 1. The Hall–Kier alpha value is -1.24. The van der Waals surface area contributed by atoms with Gasteiger partial charge in [-0.15, -0.1) is 0 Å². The number of halogens is 2. The maximum atomic E-state index is 15.4. The highest BCUT2D eigenvalue weighted by molar-refractivity contribution is 9.09. The molecule has 2 aliphatic rings. The third-order valence-corrected chi connectivity index (χ3v) is 14.1. The minimum absolute atomic E-state index is 0.0373. The lowest BCUT2D eigenvalue weighted by molar-refractivity contribution is -0.148. The smallest absolute Gasteiger partial charge is 0.302 e. The number of rotatable bonds is 13. The predicted molar refractivity (Wildman–Crippen MR) is 167 cm³/mol. The van der Waals surface area contributed by atoms with Crippen LogP contribution < -0.4 is 0 Å². The maximum Gasteiger partial charge on any atom is 0.302 e. The first-order chi connectivity index (χ1) is 18.4. The molecule has 0 bridgehead atoms. The van der Waals surface area contributed by atoms with Crippen molar-refractivity contribution in [1.82, 2.24) is 0 Å². The highest BCUT2D eigenvalue weighted by Crippen LogP contribution is 2.42. The predicted octanol–water partition coefficient (Wildman–Crippen LogP) is 9.16. The molecule has 39 heavy (non-hydrogen) atoms.